The number of rotatable bonds is 3. The van der Waals surface area contributed by atoms with Crippen molar-refractivity contribution < 1.29 is 9.84 Å². The molecule has 0 aromatic carbocycles. The maximum atomic E-state index is 9.99. The number of hydrogen-bond acceptors (Lipinski definition) is 6. The van der Waals surface area contributed by atoms with Crippen LogP contribution in [-0.2, 0) is 4.74 Å². The van der Waals surface area contributed by atoms with Crippen LogP contribution < -0.4 is 5.32 Å². The van der Waals surface area contributed by atoms with Gasteiger partial charge in [0.05, 0.1) is 31.1 Å². The molecule has 1 aliphatic heterocycles. The van der Waals surface area contributed by atoms with Crippen molar-refractivity contribution in [1.29, 1.82) is 0 Å². The molecule has 1 saturated heterocycles. The number of nitrogens with one attached hydrogen (secondary N) is 1. The number of aliphatic hydroxyl groups is 1. The van der Waals surface area contributed by atoms with E-state index in [1.807, 2.05) is 10.7 Å². The minimum Gasteiger partial charge on any atom is -0.389 e. The molecule has 2 atom stereocenters. The van der Waals surface area contributed by atoms with E-state index in [4.69, 9.17) is 4.74 Å². The Morgan fingerprint density at radius 1 is 1.30 bits per heavy atom. The van der Waals surface area contributed by atoms with E-state index in [1.165, 1.54) is 0 Å². The summed E-state index contributed by atoms with van der Waals surface area (Å²) in [5.41, 5.74) is 1.30. The van der Waals surface area contributed by atoms with Gasteiger partial charge in [-0.25, -0.2) is 14.5 Å². The molecular formula is C16H23N5O2. The van der Waals surface area contributed by atoms with Gasteiger partial charge in [-0.1, -0.05) is 13.8 Å². The first-order valence-electron chi connectivity index (χ1n) is 8.25. The number of aliphatic hydroxyl groups excluding tert-OH is 1. The lowest BCUT2D eigenvalue weighted by Gasteiger charge is -2.41. The average molecular weight is 317 g/mol. The van der Waals surface area contributed by atoms with Crippen LogP contribution in [0.5, 0.6) is 0 Å². The Hall–Kier alpha value is -1.73. The Bertz CT molecular complexity index is 706. The standard InChI is InChI=1S/C16H23N5O2/c1-16(2)5-10(6-16)14-17-7-11-8-18-15(20-21(11)14)19-12-3-4-23-9-13(12)22/h7-8,10,12-13,22H,3-6,9H2,1-2H3,(H,19,20)/t12-,13-/m1/s1. The van der Waals surface area contributed by atoms with Crippen LogP contribution in [0.4, 0.5) is 5.95 Å². The van der Waals surface area contributed by atoms with Crippen LogP contribution in [0.1, 0.15) is 44.9 Å². The fourth-order valence-electron chi connectivity index (χ4n) is 3.68. The van der Waals surface area contributed by atoms with E-state index < -0.39 is 6.10 Å². The molecule has 124 valence electrons. The second-order valence-corrected chi connectivity index (χ2v) is 7.49. The largest absolute Gasteiger partial charge is 0.389 e. The van der Waals surface area contributed by atoms with Gasteiger partial charge in [-0.2, -0.15) is 0 Å². The molecule has 2 N–H and O–H groups in total. The zero-order valence-corrected chi connectivity index (χ0v) is 13.6. The summed E-state index contributed by atoms with van der Waals surface area (Å²) in [6.07, 6.45) is 6.10. The fourth-order valence-corrected chi connectivity index (χ4v) is 3.68. The number of ether oxygens (including phenoxy) is 1. The van der Waals surface area contributed by atoms with Crippen molar-refractivity contribution in [2.75, 3.05) is 18.5 Å². The number of fused-ring (bicyclic) bond motifs is 1. The first kappa shape index (κ1) is 14.8. The Labute approximate surface area is 135 Å². The Balaban J connectivity index is 1.57. The molecule has 0 amide bonds. The monoisotopic (exact) mass is 317 g/mol. The minimum absolute atomic E-state index is 0.0733. The van der Waals surface area contributed by atoms with Gasteiger partial charge in [-0.3, -0.25) is 0 Å². The average Bonchev–Trinajstić information content (AvgIpc) is 2.90. The zero-order valence-electron chi connectivity index (χ0n) is 13.6. The topological polar surface area (TPSA) is 84.6 Å². The highest BCUT2D eigenvalue weighted by atomic mass is 16.5. The van der Waals surface area contributed by atoms with Crippen molar-refractivity contribution in [3.63, 3.8) is 0 Å². The summed E-state index contributed by atoms with van der Waals surface area (Å²) < 4.78 is 7.14. The van der Waals surface area contributed by atoms with Crippen molar-refractivity contribution in [2.45, 2.75) is 51.2 Å². The van der Waals surface area contributed by atoms with Crippen LogP contribution in [0.15, 0.2) is 12.4 Å². The van der Waals surface area contributed by atoms with E-state index in [-0.39, 0.29) is 6.04 Å². The molecule has 1 saturated carbocycles. The Kier molecular flexibility index (Phi) is 3.50. The van der Waals surface area contributed by atoms with Gasteiger partial charge in [0, 0.05) is 12.5 Å². The van der Waals surface area contributed by atoms with Gasteiger partial charge in [-0.05, 0) is 24.7 Å². The number of imidazole rings is 1. The second kappa shape index (κ2) is 5.42. The molecule has 0 unspecified atom stereocenters. The van der Waals surface area contributed by atoms with E-state index in [0.29, 0.717) is 30.5 Å². The van der Waals surface area contributed by atoms with E-state index in [1.54, 1.807) is 6.20 Å². The van der Waals surface area contributed by atoms with E-state index in [2.05, 4.69) is 34.2 Å². The van der Waals surface area contributed by atoms with Crippen LogP contribution in [0.3, 0.4) is 0 Å². The van der Waals surface area contributed by atoms with E-state index in [9.17, 15) is 5.11 Å². The Morgan fingerprint density at radius 2 is 2.09 bits per heavy atom. The number of anilines is 1. The smallest absolute Gasteiger partial charge is 0.241 e. The lowest BCUT2D eigenvalue weighted by atomic mass is 9.64. The molecule has 4 rings (SSSR count). The van der Waals surface area contributed by atoms with Gasteiger partial charge >= 0.3 is 0 Å². The van der Waals surface area contributed by atoms with Crippen LogP contribution in [0.2, 0.25) is 0 Å². The highest BCUT2D eigenvalue weighted by molar-refractivity contribution is 5.45. The Morgan fingerprint density at radius 3 is 2.83 bits per heavy atom. The zero-order chi connectivity index (χ0) is 16.0. The summed E-state index contributed by atoms with van der Waals surface area (Å²) in [6, 6.07) is -0.0733. The van der Waals surface area contributed by atoms with Crippen molar-refractivity contribution >= 4 is 11.5 Å². The first-order valence-corrected chi connectivity index (χ1v) is 8.25. The van der Waals surface area contributed by atoms with Crippen molar-refractivity contribution in [3.8, 4) is 0 Å². The molecule has 7 nitrogen and oxygen atoms in total. The van der Waals surface area contributed by atoms with Gasteiger partial charge in [0.15, 0.2) is 0 Å². The van der Waals surface area contributed by atoms with E-state index in [0.717, 1.165) is 30.6 Å². The second-order valence-electron chi connectivity index (χ2n) is 7.49. The predicted octanol–water partition coefficient (Wildman–Crippen LogP) is 1.59. The SMILES string of the molecule is CC1(C)CC(c2ncc3cnc(N[C@@H]4CCOC[C@H]4O)nn23)C1. The molecule has 23 heavy (non-hydrogen) atoms. The maximum absolute atomic E-state index is 9.99. The molecule has 2 aliphatic rings. The van der Waals surface area contributed by atoms with Gasteiger partial charge < -0.3 is 15.2 Å². The molecule has 0 spiro atoms. The first-order chi connectivity index (χ1) is 11.0. The fraction of sp³-hybridized carbons (Fsp3) is 0.688. The maximum Gasteiger partial charge on any atom is 0.241 e. The lowest BCUT2D eigenvalue weighted by Crippen LogP contribution is -2.42. The predicted molar refractivity (Wildman–Crippen MR) is 85.4 cm³/mol. The van der Waals surface area contributed by atoms with Gasteiger partial charge in [0.25, 0.3) is 0 Å². The summed E-state index contributed by atoms with van der Waals surface area (Å²) in [7, 11) is 0. The van der Waals surface area contributed by atoms with Crippen molar-refractivity contribution in [1.82, 2.24) is 19.6 Å². The summed E-state index contributed by atoms with van der Waals surface area (Å²) >= 11 is 0. The van der Waals surface area contributed by atoms with Crippen LogP contribution >= 0.6 is 0 Å². The molecule has 0 radical (unpaired) electrons. The van der Waals surface area contributed by atoms with Crippen molar-refractivity contribution in [3.05, 3.63) is 18.2 Å². The number of nitrogens with zero attached hydrogens (tertiary/aromatic N) is 4. The molecule has 3 heterocycles. The minimum atomic E-state index is -0.530. The van der Waals surface area contributed by atoms with Gasteiger partial charge in [0.1, 0.15) is 11.3 Å². The normalized spacial score (nSPS) is 27.8. The number of hydrogen-bond donors (Lipinski definition) is 2. The third-order valence-corrected chi connectivity index (χ3v) is 4.91. The summed E-state index contributed by atoms with van der Waals surface area (Å²) in [4.78, 5) is 8.89. The molecule has 7 heteroatoms. The number of aromatic nitrogens is 4. The summed E-state index contributed by atoms with van der Waals surface area (Å²) in [5.74, 6) is 2.00. The molecule has 2 fully saturated rings. The highest BCUT2D eigenvalue weighted by Gasteiger charge is 2.39. The highest BCUT2D eigenvalue weighted by Crippen LogP contribution is 2.49. The third-order valence-electron chi connectivity index (χ3n) is 4.91. The van der Waals surface area contributed by atoms with Crippen molar-refractivity contribution in [2.24, 2.45) is 5.41 Å². The van der Waals surface area contributed by atoms with Gasteiger partial charge in [0.2, 0.25) is 5.95 Å². The van der Waals surface area contributed by atoms with Crippen LogP contribution in [0, 0.1) is 5.41 Å². The van der Waals surface area contributed by atoms with Crippen LogP contribution in [-0.4, -0.2) is 50.0 Å². The summed E-state index contributed by atoms with van der Waals surface area (Å²) in [6.45, 7) is 5.57. The molecule has 2 aromatic rings. The quantitative estimate of drug-likeness (QED) is 0.894. The molecule has 1 aliphatic carbocycles. The summed E-state index contributed by atoms with van der Waals surface area (Å²) in [5, 5.41) is 17.8. The third kappa shape index (κ3) is 2.79. The lowest BCUT2D eigenvalue weighted by molar-refractivity contribution is -0.0136. The molecule has 2 aromatic heterocycles. The molecular weight excluding hydrogens is 294 g/mol. The van der Waals surface area contributed by atoms with E-state index >= 15 is 0 Å². The molecule has 0 bridgehead atoms. The van der Waals surface area contributed by atoms with Crippen LogP contribution in [0.25, 0.3) is 5.52 Å². The van der Waals surface area contributed by atoms with Gasteiger partial charge in [-0.15, -0.1) is 5.10 Å².